The minimum absolute atomic E-state index is 0.230. The van der Waals surface area contributed by atoms with Crippen LogP contribution in [0.5, 0.6) is 11.5 Å². The average molecular weight is 318 g/mol. The van der Waals surface area contributed by atoms with Crippen molar-refractivity contribution < 1.29 is 18.7 Å². The van der Waals surface area contributed by atoms with E-state index in [1.165, 1.54) is 24.3 Å². The topological polar surface area (TPSA) is 59.6 Å². The van der Waals surface area contributed by atoms with E-state index in [1.807, 2.05) is 0 Å². The third kappa shape index (κ3) is 4.35. The molecule has 0 unspecified atom stereocenters. The summed E-state index contributed by atoms with van der Waals surface area (Å²) in [5, 5.41) is 5.79. The van der Waals surface area contributed by atoms with Crippen molar-refractivity contribution in [2.45, 2.75) is 13.0 Å². The quantitative estimate of drug-likeness (QED) is 0.858. The molecule has 0 aliphatic heterocycles. The Morgan fingerprint density at radius 1 is 1.00 bits per heavy atom. The summed E-state index contributed by atoms with van der Waals surface area (Å²) in [4.78, 5) is 12.2. The first-order valence-corrected chi connectivity index (χ1v) is 7.08. The summed E-state index contributed by atoms with van der Waals surface area (Å²) in [6, 6.07) is 10.4. The third-order valence-electron chi connectivity index (χ3n) is 3.27. The van der Waals surface area contributed by atoms with Crippen LogP contribution in [0, 0.1) is 5.82 Å². The van der Waals surface area contributed by atoms with Gasteiger partial charge in [0.2, 0.25) is 5.91 Å². The Kier molecular flexibility index (Phi) is 5.41. The van der Waals surface area contributed by atoms with E-state index in [4.69, 9.17) is 9.47 Å². The van der Waals surface area contributed by atoms with E-state index in [-0.39, 0.29) is 11.7 Å². The largest absolute Gasteiger partial charge is 0.493 e. The molecule has 0 aromatic heterocycles. The molecule has 0 spiro atoms. The smallest absolute Gasteiger partial charge is 0.246 e. The number of benzene rings is 2. The monoisotopic (exact) mass is 318 g/mol. The number of halogens is 1. The van der Waals surface area contributed by atoms with Crippen LogP contribution in [0.2, 0.25) is 0 Å². The molecular formula is C17H19FN2O3. The van der Waals surface area contributed by atoms with Crippen LogP contribution in [0.3, 0.4) is 0 Å². The van der Waals surface area contributed by atoms with Gasteiger partial charge in [-0.05, 0) is 43.3 Å². The summed E-state index contributed by atoms with van der Waals surface area (Å²) < 4.78 is 23.3. The van der Waals surface area contributed by atoms with Gasteiger partial charge in [-0.15, -0.1) is 0 Å². The molecule has 2 aromatic carbocycles. The van der Waals surface area contributed by atoms with Gasteiger partial charge in [-0.3, -0.25) is 4.79 Å². The van der Waals surface area contributed by atoms with E-state index in [2.05, 4.69) is 10.6 Å². The molecule has 5 nitrogen and oxygen atoms in total. The molecule has 6 heteroatoms. The standard InChI is InChI=1S/C17H19FN2O3/c1-11(17(21)20-13-6-4-12(18)5-7-13)19-14-8-9-15(22-2)16(10-14)23-3/h4-11,19H,1-3H3,(H,20,21)/t11-/m0/s1. The minimum Gasteiger partial charge on any atom is -0.493 e. The van der Waals surface area contributed by atoms with Crippen LogP contribution < -0.4 is 20.1 Å². The molecular weight excluding hydrogens is 299 g/mol. The lowest BCUT2D eigenvalue weighted by Gasteiger charge is -2.16. The van der Waals surface area contributed by atoms with Gasteiger partial charge in [0.1, 0.15) is 11.9 Å². The summed E-state index contributed by atoms with van der Waals surface area (Å²) >= 11 is 0. The van der Waals surface area contributed by atoms with Gasteiger partial charge in [-0.1, -0.05) is 0 Å². The number of carbonyl (C=O) groups excluding carboxylic acids is 1. The van der Waals surface area contributed by atoms with Crippen molar-refractivity contribution in [3.05, 3.63) is 48.3 Å². The number of amides is 1. The number of anilines is 2. The highest BCUT2D eigenvalue weighted by atomic mass is 19.1. The molecule has 0 fully saturated rings. The molecule has 0 heterocycles. The van der Waals surface area contributed by atoms with Crippen molar-refractivity contribution in [3.63, 3.8) is 0 Å². The van der Waals surface area contributed by atoms with Crippen molar-refractivity contribution >= 4 is 17.3 Å². The van der Waals surface area contributed by atoms with Crippen molar-refractivity contribution in [2.75, 3.05) is 24.9 Å². The zero-order chi connectivity index (χ0) is 16.8. The van der Waals surface area contributed by atoms with E-state index >= 15 is 0 Å². The lowest BCUT2D eigenvalue weighted by Crippen LogP contribution is -2.31. The lowest BCUT2D eigenvalue weighted by molar-refractivity contribution is -0.116. The molecule has 0 saturated carbocycles. The van der Waals surface area contributed by atoms with Crippen molar-refractivity contribution in [1.29, 1.82) is 0 Å². The van der Waals surface area contributed by atoms with Gasteiger partial charge in [0.15, 0.2) is 11.5 Å². The van der Waals surface area contributed by atoms with Gasteiger partial charge in [0.25, 0.3) is 0 Å². The summed E-state index contributed by atoms with van der Waals surface area (Å²) in [7, 11) is 3.11. The molecule has 0 radical (unpaired) electrons. The van der Waals surface area contributed by atoms with Gasteiger partial charge in [-0.25, -0.2) is 4.39 Å². The van der Waals surface area contributed by atoms with Crippen LogP contribution in [0.25, 0.3) is 0 Å². The minimum atomic E-state index is -0.488. The van der Waals surface area contributed by atoms with Crippen LogP contribution in [-0.4, -0.2) is 26.2 Å². The first-order chi connectivity index (χ1) is 11.0. The second-order valence-electron chi connectivity index (χ2n) is 4.93. The molecule has 23 heavy (non-hydrogen) atoms. The molecule has 1 amide bonds. The number of methoxy groups -OCH3 is 2. The predicted molar refractivity (Wildman–Crippen MR) is 87.7 cm³/mol. The Hall–Kier alpha value is -2.76. The van der Waals surface area contributed by atoms with Gasteiger partial charge in [0.05, 0.1) is 14.2 Å². The molecule has 0 aliphatic rings. The normalized spacial score (nSPS) is 11.5. The fraction of sp³-hybridized carbons (Fsp3) is 0.235. The third-order valence-corrected chi connectivity index (χ3v) is 3.27. The maximum Gasteiger partial charge on any atom is 0.246 e. The molecule has 2 rings (SSSR count). The van der Waals surface area contributed by atoms with Crippen molar-refractivity contribution in [3.8, 4) is 11.5 Å². The second-order valence-corrected chi connectivity index (χ2v) is 4.93. The highest BCUT2D eigenvalue weighted by molar-refractivity contribution is 5.96. The SMILES string of the molecule is COc1ccc(N[C@@H](C)C(=O)Nc2ccc(F)cc2)cc1OC. The predicted octanol–water partition coefficient (Wildman–Crippen LogP) is 3.28. The van der Waals surface area contributed by atoms with E-state index in [1.54, 1.807) is 39.3 Å². The lowest BCUT2D eigenvalue weighted by atomic mass is 10.2. The molecule has 2 aromatic rings. The van der Waals surface area contributed by atoms with Crippen LogP contribution >= 0.6 is 0 Å². The van der Waals surface area contributed by atoms with E-state index < -0.39 is 6.04 Å². The highest BCUT2D eigenvalue weighted by Gasteiger charge is 2.14. The fourth-order valence-electron chi connectivity index (χ4n) is 2.03. The Morgan fingerprint density at radius 2 is 1.61 bits per heavy atom. The van der Waals surface area contributed by atoms with Crippen molar-refractivity contribution in [1.82, 2.24) is 0 Å². The molecule has 122 valence electrons. The average Bonchev–Trinajstić information content (AvgIpc) is 2.56. The van der Waals surface area contributed by atoms with Crippen LogP contribution in [0.4, 0.5) is 15.8 Å². The highest BCUT2D eigenvalue weighted by Crippen LogP contribution is 2.30. The molecule has 0 aliphatic carbocycles. The Morgan fingerprint density at radius 3 is 2.22 bits per heavy atom. The summed E-state index contributed by atoms with van der Waals surface area (Å²) in [6.45, 7) is 1.73. The number of ether oxygens (including phenoxy) is 2. The molecule has 0 bridgehead atoms. The fourth-order valence-corrected chi connectivity index (χ4v) is 2.03. The molecule has 1 atom stereocenters. The number of nitrogens with one attached hydrogen (secondary N) is 2. The van der Waals surface area contributed by atoms with Gasteiger partial charge >= 0.3 is 0 Å². The number of hydrogen-bond acceptors (Lipinski definition) is 4. The van der Waals surface area contributed by atoms with Gasteiger partial charge in [-0.2, -0.15) is 0 Å². The number of rotatable bonds is 6. The van der Waals surface area contributed by atoms with Crippen LogP contribution in [0.15, 0.2) is 42.5 Å². The zero-order valence-electron chi connectivity index (χ0n) is 13.2. The van der Waals surface area contributed by atoms with Crippen LogP contribution in [-0.2, 0) is 4.79 Å². The maximum absolute atomic E-state index is 12.9. The summed E-state index contributed by atoms with van der Waals surface area (Å²) in [5.74, 6) is 0.607. The Bertz CT molecular complexity index is 674. The zero-order valence-corrected chi connectivity index (χ0v) is 13.2. The van der Waals surface area contributed by atoms with Gasteiger partial charge in [0, 0.05) is 17.4 Å². The number of carbonyl (C=O) groups is 1. The summed E-state index contributed by atoms with van der Waals surface area (Å²) in [6.07, 6.45) is 0. The first kappa shape index (κ1) is 16.6. The maximum atomic E-state index is 12.9. The Balaban J connectivity index is 2.01. The first-order valence-electron chi connectivity index (χ1n) is 7.08. The second kappa shape index (κ2) is 7.49. The molecule has 2 N–H and O–H groups in total. The molecule has 0 saturated heterocycles. The Labute approximate surface area is 134 Å². The number of hydrogen-bond donors (Lipinski definition) is 2. The van der Waals surface area contributed by atoms with E-state index in [0.717, 1.165) is 5.69 Å². The van der Waals surface area contributed by atoms with E-state index in [9.17, 15) is 9.18 Å². The summed E-state index contributed by atoms with van der Waals surface area (Å²) in [5.41, 5.74) is 1.27. The van der Waals surface area contributed by atoms with Crippen molar-refractivity contribution in [2.24, 2.45) is 0 Å². The van der Waals surface area contributed by atoms with Crippen LogP contribution in [0.1, 0.15) is 6.92 Å². The van der Waals surface area contributed by atoms with E-state index in [0.29, 0.717) is 17.2 Å². The van der Waals surface area contributed by atoms with Gasteiger partial charge < -0.3 is 20.1 Å².